The molecule has 1 aliphatic heterocycles. The van der Waals surface area contributed by atoms with Gasteiger partial charge in [-0.3, -0.25) is 9.59 Å². The molecule has 9 heteroatoms. The first-order valence-electron chi connectivity index (χ1n) is 11.2. The first-order chi connectivity index (χ1) is 16.7. The molecule has 2 aromatic rings. The van der Waals surface area contributed by atoms with Crippen molar-refractivity contribution < 1.29 is 33.0 Å². The molecule has 2 unspecified atom stereocenters. The smallest absolute Gasteiger partial charge is 0.407 e. The molecule has 0 saturated carbocycles. The van der Waals surface area contributed by atoms with Gasteiger partial charge in [0.25, 0.3) is 5.92 Å². The number of alkyl halides is 2. The van der Waals surface area contributed by atoms with Crippen LogP contribution in [0.1, 0.15) is 29.9 Å². The second-order valence-corrected chi connectivity index (χ2v) is 8.62. The fraction of sp³-hybridized carbons (Fsp3) is 0.346. The Morgan fingerprint density at radius 3 is 2.31 bits per heavy atom. The maximum atomic E-state index is 13.9. The fourth-order valence-electron chi connectivity index (χ4n) is 4.68. The zero-order chi connectivity index (χ0) is 25.2. The average Bonchev–Trinajstić information content (AvgIpc) is 3.15. The lowest BCUT2D eigenvalue weighted by Gasteiger charge is -2.37. The predicted molar refractivity (Wildman–Crippen MR) is 123 cm³/mol. The first kappa shape index (κ1) is 24.2. The van der Waals surface area contributed by atoms with E-state index in [2.05, 4.69) is 11.2 Å². The van der Waals surface area contributed by atoms with E-state index in [1.54, 1.807) is 0 Å². The highest BCUT2D eigenvalue weighted by molar-refractivity contribution is 5.87. The number of halogens is 2. The summed E-state index contributed by atoms with van der Waals surface area (Å²) in [6, 6.07) is 14.4. The molecule has 2 atom stereocenters. The number of terminal acetylenes is 1. The Balaban J connectivity index is 1.41. The van der Waals surface area contributed by atoms with Crippen LogP contribution in [0.3, 0.4) is 0 Å². The summed E-state index contributed by atoms with van der Waals surface area (Å²) in [5.74, 6) is -5.77. The van der Waals surface area contributed by atoms with E-state index in [0.717, 1.165) is 27.2 Å². The second kappa shape index (κ2) is 9.74. The molecule has 1 fully saturated rings. The van der Waals surface area contributed by atoms with E-state index in [1.165, 1.54) is 0 Å². The third-order valence-corrected chi connectivity index (χ3v) is 6.49. The monoisotopic (exact) mass is 482 g/mol. The molecule has 0 aromatic heterocycles. The minimum absolute atomic E-state index is 0.0217. The first-order valence-corrected chi connectivity index (χ1v) is 11.2. The number of benzene rings is 2. The molecule has 2 amide bonds. The SMILES string of the molecule is C#CCC(NC(=O)OCC1c2ccccc2-c2ccccc21)C(=O)N1CCC(F)(F)C(C(=O)O)C1. The van der Waals surface area contributed by atoms with Crippen LogP contribution >= 0.6 is 0 Å². The Labute approximate surface area is 201 Å². The third-order valence-electron chi connectivity index (χ3n) is 6.49. The van der Waals surface area contributed by atoms with Crippen molar-refractivity contribution in [3.05, 3.63) is 59.7 Å². The summed E-state index contributed by atoms with van der Waals surface area (Å²) in [6.45, 7) is -0.995. The molecule has 2 aromatic carbocycles. The molecule has 1 heterocycles. The topological polar surface area (TPSA) is 95.9 Å². The molecular weight excluding hydrogens is 458 g/mol. The molecule has 0 radical (unpaired) electrons. The lowest BCUT2D eigenvalue weighted by molar-refractivity contribution is -0.169. The highest BCUT2D eigenvalue weighted by Crippen LogP contribution is 2.44. The van der Waals surface area contributed by atoms with Gasteiger partial charge in [0.05, 0.1) is 0 Å². The normalized spacial score (nSPS) is 19.1. The van der Waals surface area contributed by atoms with Gasteiger partial charge in [0.15, 0.2) is 0 Å². The number of likely N-dealkylation sites (tertiary alicyclic amines) is 1. The zero-order valence-electron chi connectivity index (χ0n) is 18.7. The Morgan fingerprint density at radius 1 is 1.14 bits per heavy atom. The Bertz CT molecular complexity index is 1150. The quantitative estimate of drug-likeness (QED) is 0.615. The van der Waals surface area contributed by atoms with Gasteiger partial charge >= 0.3 is 12.1 Å². The third kappa shape index (κ3) is 4.83. The van der Waals surface area contributed by atoms with Crippen molar-refractivity contribution in [1.29, 1.82) is 0 Å². The van der Waals surface area contributed by atoms with Gasteiger partial charge in [0.2, 0.25) is 5.91 Å². The number of carboxylic acids is 1. The van der Waals surface area contributed by atoms with Crippen molar-refractivity contribution in [1.82, 2.24) is 10.2 Å². The summed E-state index contributed by atoms with van der Waals surface area (Å²) in [5.41, 5.74) is 4.16. The van der Waals surface area contributed by atoms with Gasteiger partial charge in [-0.05, 0) is 22.3 Å². The molecule has 7 nitrogen and oxygen atoms in total. The molecule has 182 valence electrons. The van der Waals surface area contributed by atoms with Crippen molar-refractivity contribution >= 4 is 18.0 Å². The van der Waals surface area contributed by atoms with Crippen LogP contribution in [0.25, 0.3) is 11.1 Å². The number of hydrogen-bond acceptors (Lipinski definition) is 4. The van der Waals surface area contributed by atoms with Gasteiger partial charge in [-0.1, -0.05) is 48.5 Å². The number of amides is 2. The number of aliphatic carboxylic acids is 1. The van der Waals surface area contributed by atoms with Gasteiger partial charge < -0.3 is 20.1 Å². The number of carboxylic acid groups (broad SMARTS) is 1. The van der Waals surface area contributed by atoms with Crippen LogP contribution in [0.2, 0.25) is 0 Å². The lowest BCUT2D eigenvalue weighted by Crippen LogP contribution is -2.56. The average molecular weight is 482 g/mol. The van der Waals surface area contributed by atoms with Gasteiger partial charge in [-0.25, -0.2) is 13.6 Å². The predicted octanol–water partition coefficient (Wildman–Crippen LogP) is 3.49. The van der Waals surface area contributed by atoms with E-state index < -0.39 is 48.8 Å². The van der Waals surface area contributed by atoms with Crippen molar-refractivity contribution in [2.45, 2.75) is 30.7 Å². The van der Waals surface area contributed by atoms with Crippen molar-refractivity contribution in [3.63, 3.8) is 0 Å². The summed E-state index contributed by atoms with van der Waals surface area (Å²) in [7, 11) is 0. The molecule has 1 saturated heterocycles. The van der Waals surface area contributed by atoms with Crippen molar-refractivity contribution in [3.8, 4) is 23.5 Å². The maximum Gasteiger partial charge on any atom is 0.407 e. The van der Waals surface area contributed by atoms with Crippen LogP contribution in [-0.2, 0) is 14.3 Å². The number of fused-ring (bicyclic) bond motifs is 3. The Morgan fingerprint density at radius 2 is 1.74 bits per heavy atom. The molecule has 2 N–H and O–H groups in total. The number of nitrogens with one attached hydrogen (secondary N) is 1. The number of nitrogens with zero attached hydrogens (tertiary/aromatic N) is 1. The van der Waals surface area contributed by atoms with E-state index in [0.29, 0.717) is 0 Å². The van der Waals surface area contributed by atoms with E-state index in [-0.39, 0.29) is 25.5 Å². The summed E-state index contributed by atoms with van der Waals surface area (Å²) >= 11 is 0. The molecular formula is C26H24F2N2O5. The number of alkyl carbamates (subject to hydrolysis) is 1. The van der Waals surface area contributed by atoms with Gasteiger partial charge in [0.1, 0.15) is 18.6 Å². The van der Waals surface area contributed by atoms with Crippen molar-refractivity contribution in [2.24, 2.45) is 5.92 Å². The van der Waals surface area contributed by atoms with Crippen LogP contribution in [0, 0.1) is 18.3 Å². The van der Waals surface area contributed by atoms with Gasteiger partial charge in [-0.2, -0.15) is 0 Å². The minimum atomic E-state index is -3.43. The summed E-state index contributed by atoms with van der Waals surface area (Å²) < 4.78 is 33.3. The van der Waals surface area contributed by atoms with Crippen LogP contribution in [0.4, 0.5) is 13.6 Å². The van der Waals surface area contributed by atoms with E-state index in [9.17, 15) is 23.2 Å². The largest absolute Gasteiger partial charge is 0.481 e. The number of carbonyl (C=O) groups excluding carboxylic acids is 2. The maximum absolute atomic E-state index is 13.9. The Hall–Kier alpha value is -3.93. The highest BCUT2D eigenvalue weighted by atomic mass is 19.3. The van der Waals surface area contributed by atoms with Crippen LogP contribution < -0.4 is 5.32 Å². The lowest BCUT2D eigenvalue weighted by atomic mass is 9.93. The summed E-state index contributed by atoms with van der Waals surface area (Å²) in [5, 5.41) is 11.6. The van der Waals surface area contributed by atoms with E-state index >= 15 is 0 Å². The number of hydrogen-bond donors (Lipinski definition) is 2. The van der Waals surface area contributed by atoms with Crippen LogP contribution in [-0.4, -0.2) is 59.6 Å². The van der Waals surface area contributed by atoms with Gasteiger partial charge in [0, 0.05) is 31.8 Å². The van der Waals surface area contributed by atoms with Gasteiger partial charge in [-0.15, -0.1) is 12.3 Å². The fourth-order valence-corrected chi connectivity index (χ4v) is 4.68. The molecule has 35 heavy (non-hydrogen) atoms. The number of piperidine rings is 1. The Kier molecular flexibility index (Phi) is 6.74. The number of ether oxygens (including phenoxy) is 1. The molecule has 1 aliphatic carbocycles. The minimum Gasteiger partial charge on any atom is -0.481 e. The number of carbonyl (C=O) groups is 3. The van der Waals surface area contributed by atoms with E-state index in [1.807, 2.05) is 48.5 Å². The molecule has 4 rings (SSSR count). The highest BCUT2D eigenvalue weighted by Gasteiger charge is 2.50. The second-order valence-electron chi connectivity index (χ2n) is 8.62. The molecule has 0 bridgehead atoms. The van der Waals surface area contributed by atoms with E-state index in [4.69, 9.17) is 16.3 Å². The summed E-state index contributed by atoms with van der Waals surface area (Å²) in [4.78, 5) is 37.8. The standard InChI is InChI=1S/C26H24F2N2O5/c1-2-7-22(23(31)30-13-12-26(27,28)21(14-30)24(32)33)29-25(34)35-15-20-18-10-5-3-8-16(18)17-9-4-6-11-19(17)20/h1,3-6,8-11,20-22H,7,12-15H2,(H,29,34)(H,32,33). The zero-order valence-corrected chi connectivity index (χ0v) is 18.7. The van der Waals surface area contributed by atoms with Crippen molar-refractivity contribution in [2.75, 3.05) is 19.7 Å². The van der Waals surface area contributed by atoms with Crippen LogP contribution in [0.5, 0.6) is 0 Å². The number of rotatable bonds is 6. The molecule has 0 spiro atoms. The molecule has 2 aliphatic rings. The summed E-state index contributed by atoms with van der Waals surface area (Å²) in [6.07, 6.45) is 3.48. The van der Waals surface area contributed by atoms with Crippen LogP contribution in [0.15, 0.2) is 48.5 Å².